The molecule has 0 aliphatic carbocycles. The summed E-state index contributed by atoms with van der Waals surface area (Å²) < 4.78 is 10.7. The average molecular weight is 431 g/mol. The minimum absolute atomic E-state index is 0.115. The van der Waals surface area contributed by atoms with Crippen molar-refractivity contribution in [3.63, 3.8) is 0 Å². The summed E-state index contributed by atoms with van der Waals surface area (Å²) in [5.74, 6) is -0.115. The van der Waals surface area contributed by atoms with Gasteiger partial charge in [-0.2, -0.15) is 0 Å². The Morgan fingerprint density at radius 1 is 1.05 bits per heavy atom. The van der Waals surface area contributed by atoms with Gasteiger partial charge >= 0.3 is 145 Å². The van der Waals surface area contributed by atoms with Crippen molar-refractivity contribution in [3.05, 3.63) is 16.3 Å². The van der Waals surface area contributed by atoms with E-state index in [0.29, 0.717) is 0 Å². The van der Waals surface area contributed by atoms with Crippen LogP contribution in [-0.2, 0) is 4.74 Å². The van der Waals surface area contributed by atoms with Crippen LogP contribution in [0.5, 0.6) is 0 Å². The molecule has 0 bridgehead atoms. The number of rotatable bonds is 11. The van der Waals surface area contributed by atoms with Crippen LogP contribution >= 0.6 is 11.3 Å². The molecule has 1 aromatic rings. The molecule has 1 aromatic heterocycles. The zero-order valence-electron chi connectivity index (χ0n) is 14.7. The van der Waals surface area contributed by atoms with E-state index in [1.54, 1.807) is 11.3 Å². The van der Waals surface area contributed by atoms with Crippen molar-refractivity contribution in [1.82, 2.24) is 0 Å². The van der Waals surface area contributed by atoms with Crippen molar-refractivity contribution in [2.45, 2.75) is 72.6 Å². The molecule has 0 unspecified atom stereocenters. The van der Waals surface area contributed by atoms with Crippen LogP contribution in [0.2, 0.25) is 13.3 Å². The molecular weight excluding hydrogens is 399 g/mol. The van der Waals surface area contributed by atoms with Gasteiger partial charge < -0.3 is 0 Å². The molecule has 2 nitrogen and oxygen atoms in total. The van der Waals surface area contributed by atoms with E-state index in [0.717, 1.165) is 4.88 Å². The number of hydrogen-bond donors (Lipinski definition) is 0. The number of thiophene rings is 1. The van der Waals surface area contributed by atoms with Gasteiger partial charge in [-0.1, -0.05) is 0 Å². The van der Waals surface area contributed by atoms with Crippen molar-refractivity contribution in [1.29, 1.82) is 0 Å². The van der Waals surface area contributed by atoms with E-state index in [4.69, 9.17) is 4.74 Å². The summed E-state index contributed by atoms with van der Waals surface area (Å²) in [6, 6.07) is 2.27. The Labute approximate surface area is 144 Å². The van der Waals surface area contributed by atoms with Crippen LogP contribution in [0.25, 0.3) is 0 Å². The van der Waals surface area contributed by atoms with Crippen LogP contribution in [0.4, 0.5) is 0 Å². The number of esters is 1. The van der Waals surface area contributed by atoms with E-state index >= 15 is 0 Å². The second-order valence-corrected chi connectivity index (χ2v) is 20.3. The Balaban J connectivity index is 3.19. The molecule has 0 aliphatic heterocycles. The molecule has 0 atom stereocenters. The van der Waals surface area contributed by atoms with Gasteiger partial charge in [0.2, 0.25) is 0 Å². The number of ether oxygens (including phenoxy) is 1. The maximum atomic E-state index is 12.2. The quantitative estimate of drug-likeness (QED) is 0.337. The summed E-state index contributed by atoms with van der Waals surface area (Å²) in [5, 5.41) is 2.11. The Hall–Kier alpha value is -0.0313. The third-order valence-electron chi connectivity index (χ3n) is 4.63. The Morgan fingerprint density at radius 2 is 1.55 bits per heavy atom. The first kappa shape index (κ1) is 20.0. The predicted molar refractivity (Wildman–Crippen MR) is 100 cm³/mol. The van der Waals surface area contributed by atoms with Crippen LogP contribution in [0, 0.1) is 0 Å². The van der Waals surface area contributed by atoms with E-state index in [9.17, 15) is 4.79 Å². The van der Waals surface area contributed by atoms with Gasteiger partial charge in [-0.3, -0.25) is 0 Å². The summed E-state index contributed by atoms with van der Waals surface area (Å²) in [5.41, 5.74) is 0. The van der Waals surface area contributed by atoms with Crippen LogP contribution in [0.3, 0.4) is 0 Å². The van der Waals surface area contributed by atoms with E-state index in [2.05, 4.69) is 32.2 Å². The first-order valence-corrected chi connectivity index (χ1v) is 17.2. The van der Waals surface area contributed by atoms with Crippen LogP contribution < -0.4 is 3.58 Å². The Kier molecular flexibility index (Phi) is 9.72. The number of carbonyl (C=O) groups excluding carboxylic acids is 1. The Morgan fingerprint density at radius 3 is 1.95 bits per heavy atom. The topological polar surface area (TPSA) is 26.3 Å². The summed E-state index contributed by atoms with van der Waals surface area (Å²) in [6.07, 6.45) is 7.73. The van der Waals surface area contributed by atoms with Gasteiger partial charge in [0.25, 0.3) is 0 Å². The van der Waals surface area contributed by atoms with E-state index in [1.807, 2.05) is 0 Å². The zero-order chi connectivity index (χ0) is 16.4. The fraction of sp³-hybridized carbons (Fsp3) is 0.722. The standard InChI is InChI=1S/C6H5O2S.3C4H9.Sn/c1-8-6(7)5-3-2-4-9-5;3*1-3-4-2;/h2,4H,1H3;3*1,3-4H2,2H3;. The molecule has 0 fully saturated rings. The molecule has 0 spiro atoms. The third kappa shape index (κ3) is 5.26. The molecule has 1 heterocycles. The number of unbranched alkanes of at least 4 members (excludes halogenated alkanes) is 3. The van der Waals surface area contributed by atoms with E-state index in [1.165, 1.54) is 62.5 Å². The summed E-state index contributed by atoms with van der Waals surface area (Å²) >= 11 is -0.907. The normalized spacial score (nSPS) is 11.6. The fourth-order valence-corrected chi connectivity index (χ4v) is 22.5. The van der Waals surface area contributed by atoms with Crippen molar-refractivity contribution >= 4 is 39.3 Å². The molecule has 0 saturated heterocycles. The summed E-state index contributed by atoms with van der Waals surface area (Å²) in [7, 11) is 1.51. The Bertz CT molecular complexity index is 420. The SMILES string of the molecule is CCC[CH2][Sn]([CH2]CCC)([CH2]CCC)[c]1ccsc1C(=O)OC. The molecule has 4 heteroatoms. The van der Waals surface area contributed by atoms with Crippen molar-refractivity contribution in [2.75, 3.05) is 7.11 Å². The van der Waals surface area contributed by atoms with E-state index < -0.39 is 18.4 Å². The first-order valence-electron chi connectivity index (χ1n) is 8.81. The first-order chi connectivity index (χ1) is 10.6. The average Bonchev–Trinajstić information content (AvgIpc) is 3.04. The number of hydrogen-bond acceptors (Lipinski definition) is 3. The van der Waals surface area contributed by atoms with Gasteiger partial charge in [-0.05, 0) is 0 Å². The molecule has 22 heavy (non-hydrogen) atoms. The predicted octanol–water partition coefficient (Wildman–Crippen LogP) is 5.59. The molecular formula is C18H32O2SSn. The number of methoxy groups -OCH3 is 1. The van der Waals surface area contributed by atoms with Crippen LogP contribution in [0.15, 0.2) is 11.4 Å². The van der Waals surface area contributed by atoms with Crippen molar-refractivity contribution in [3.8, 4) is 0 Å². The van der Waals surface area contributed by atoms with Crippen molar-refractivity contribution in [2.24, 2.45) is 0 Å². The third-order valence-corrected chi connectivity index (χ3v) is 21.7. The van der Waals surface area contributed by atoms with Crippen LogP contribution in [-0.4, -0.2) is 31.5 Å². The molecule has 1 rings (SSSR count). The summed E-state index contributed by atoms with van der Waals surface area (Å²) in [4.78, 5) is 13.1. The molecule has 0 radical (unpaired) electrons. The molecule has 0 amide bonds. The van der Waals surface area contributed by atoms with Gasteiger partial charge in [-0.25, -0.2) is 0 Å². The van der Waals surface area contributed by atoms with Gasteiger partial charge in [0, 0.05) is 0 Å². The fourth-order valence-electron chi connectivity index (χ4n) is 3.30. The molecule has 0 saturated carbocycles. The second-order valence-electron chi connectivity index (χ2n) is 6.25. The second kappa shape index (κ2) is 10.7. The van der Waals surface area contributed by atoms with Gasteiger partial charge in [0.05, 0.1) is 0 Å². The molecule has 126 valence electrons. The van der Waals surface area contributed by atoms with Crippen molar-refractivity contribution < 1.29 is 9.53 Å². The maximum absolute atomic E-state index is 12.2. The molecule has 0 aliphatic rings. The minimum atomic E-state index is -2.49. The van der Waals surface area contributed by atoms with Gasteiger partial charge in [-0.15, -0.1) is 0 Å². The van der Waals surface area contributed by atoms with Crippen LogP contribution in [0.1, 0.15) is 69.0 Å². The van der Waals surface area contributed by atoms with Gasteiger partial charge in [0.15, 0.2) is 0 Å². The number of carbonyl (C=O) groups is 1. The zero-order valence-corrected chi connectivity index (χ0v) is 18.4. The van der Waals surface area contributed by atoms with Gasteiger partial charge in [0.1, 0.15) is 0 Å². The molecule has 0 N–H and O–H groups in total. The monoisotopic (exact) mass is 432 g/mol. The molecule has 0 aromatic carbocycles. The summed E-state index contributed by atoms with van der Waals surface area (Å²) in [6.45, 7) is 6.85. The van der Waals surface area contributed by atoms with E-state index in [-0.39, 0.29) is 5.97 Å².